The van der Waals surface area contributed by atoms with Gasteiger partial charge >= 0.3 is 6.01 Å². The largest absolute Gasteiger partial charge is 0.466 e. The molecular weight excluding hydrogens is 452 g/mol. The van der Waals surface area contributed by atoms with Gasteiger partial charge in [0.1, 0.15) is 6.10 Å². The van der Waals surface area contributed by atoms with Crippen molar-refractivity contribution in [3.05, 3.63) is 29.7 Å². The van der Waals surface area contributed by atoms with Crippen molar-refractivity contribution in [1.29, 1.82) is 0 Å². The van der Waals surface area contributed by atoms with Crippen molar-refractivity contribution in [2.75, 3.05) is 18.0 Å². The zero-order valence-electron chi connectivity index (χ0n) is 18.0. The summed E-state index contributed by atoms with van der Waals surface area (Å²) in [4.78, 5) is 20.0. The lowest BCUT2D eigenvalue weighted by atomic mass is 9.92. The molecule has 0 aromatic carbocycles. The summed E-state index contributed by atoms with van der Waals surface area (Å²) in [6.45, 7) is 7.95. The Labute approximate surface area is 193 Å². The first kappa shape index (κ1) is 21.1. The second-order valence-corrected chi connectivity index (χ2v) is 9.46. The number of piperidine rings is 1. The predicted molar refractivity (Wildman–Crippen MR) is 120 cm³/mol. The Kier molecular flexibility index (Phi) is 5.68. The lowest BCUT2D eigenvalue weighted by molar-refractivity contribution is 0.130. The van der Waals surface area contributed by atoms with Gasteiger partial charge in [0.25, 0.3) is 5.19 Å². The summed E-state index contributed by atoms with van der Waals surface area (Å²) in [7, 11) is 0. The van der Waals surface area contributed by atoms with E-state index in [-0.39, 0.29) is 17.3 Å². The first-order valence-corrected chi connectivity index (χ1v) is 11.7. The van der Waals surface area contributed by atoms with Crippen LogP contribution in [0.2, 0.25) is 5.28 Å². The van der Waals surface area contributed by atoms with Gasteiger partial charge < -0.3 is 14.2 Å². The molecule has 1 saturated heterocycles. The number of hydrogen-bond acceptors (Lipinski definition) is 10. The van der Waals surface area contributed by atoms with Gasteiger partial charge in [-0.2, -0.15) is 4.98 Å². The van der Waals surface area contributed by atoms with Crippen LogP contribution in [-0.4, -0.2) is 53.9 Å². The molecule has 0 N–H and O–H groups in total. The maximum absolute atomic E-state index is 6.17. The van der Waals surface area contributed by atoms with Gasteiger partial charge in [0.2, 0.25) is 10.2 Å². The number of anilines is 1. The van der Waals surface area contributed by atoms with Crippen molar-refractivity contribution in [2.24, 2.45) is 5.92 Å². The first-order valence-electron chi connectivity index (χ1n) is 10.6. The molecule has 0 bridgehead atoms. The monoisotopic (exact) mass is 474 g/mol. The second kappa shape index (κ2) is 8.62. The van der Waals surface area contributed by atoms with E-state index in [0.29, 0.717) is 17.1 Å². The van der Waals surface area contributed by atoms with E-state index in [1.54, 1.807) is 16.9 Å². The van der Waals surface area contributed by atoms with Crippen LogP contribution >= 0.6 is 22.9 Å². The predicted octanol–water partition coefficient (Wildman–Crippen LogP) is 4.09. The number of nitrogens with zero attached hydrogens (tertiary/aromatic N) is 8. The molecule has 4 aromatic heterocycles. The van der Waals surface area contributed by atoms with Gasteiger partial charge in [0.05, 0.1) is 11.9 Å². The van der Waals surface area contributed by atoms with E-state index < -0.39 is 0 Å². The summed E-state index contributed by atoms with van der Waals surface area (Å²) < 4.78 is 13.3. The highest BCUT2D eigenvalue weighted by Crippen LogP contribution is 2.30. The number of ether oxygens (including phenoxy) is 1. The molecule has 168 valence electrons. The zero-order chi connectivity index (χ0) is 22.2. The van der Waals surface area contributed by atoms with Crippen LogP contribution in [0.25, 0.3) is 16.2 Å². The molecule has 5 rings (SSSR count). The van der Waals surface area contributed by atoms with Crippen LogP contribution in [0, 0.1) is 5.92 Å². The minimum atomic E-state index is 0.0473. The van der Waals surface area contributed by atoms with Gasteiger partial charge in [-0.3, -0.25) is 0 Å². The fourth-order valence-electron chi connectivity index (χ4n) is 3.72. The van der Waals surface area contributed by atoms with Crippen LogP contribution in [0.4, 0.5) is 6.01 Å². The highest BCUT2D eigenvalue weighted by atomic mass is 35.5. The number of halogens is 1. The lowest BCUT2D eigenvalue weighted by Gasteiger charge is -2.33. The Hall–Kier alpha value is -2.79. The lowest BCUT2D eigenvalue weighted by Crippen LogP contribution is -2.38. The summed E-state index contributed by atoms with van der Waals surface area (Å²) in [5.74, 6) is 1.43. The minimum absolute atomic E-state index is 0.0473. The van der Waals surface area contributed by atoms with Crippen LogP contribution in [0.5, 0.6) is 5.19 Å². The molecule has 0 amide bonds. The van der Waals surface area contributed by atoms with E-state index in [0.717, 1.165) is 48.0 Å². The molecule has 0 aliphatic carbocycles. The summed E-state index contributed by atoms with van der Waals surface area (Å²) in [5, 5.41) is 9.42. The second-order valence-electron chi connectivity index (χ2n) is 8.20. The molecular formula is C20H23ClN8O2S. The van der Waals surface area contributed by atoms with E-state index in [1.807, 2.05) is 6.20 Å². The number of imidazole rings is 1. The highest BCUT2D eigenvalue weighted by Gasteiger charge is 2.28. The van der Waals surface area contributed by atoms with E-state index in [2.05, 4.69) is 55.9 Å². The van der Waals surface area contributed by atoms with Crippen molar-refractivity contribution < 1.29 is 9.26 Å². The normalized spacial score (nSPS) is 16.2. The summed E-state index contributed by atoms with van der Waals surface area (Å²) in [5.41, 5.74) is 1.53. The SMILES string of the molecule is CC(C)c1noc(N2CCC(C(C)Oc3nn4cc(-c5cnc(Cl)nc5)nc4s3)CC2)n1. The molecule has 1 atom stereocenters. The maximum atomic E-state index is 6.17. The van der Waals surface area contributed by atoms with Crippen LogP contribution in [0.3, 0.4) is 0 Å². The molecule has 1 unspecified atom stereocenters. The molecule has 1 fully saturated rings. The van der Waals surface area contributed by atoms with Gasteiger partial charge in [-0.25, -0.2) is 19.5 Å². The summed E-state index contributed by atoms with van der Waals surface area (Å²) in [6, 6.07) is 0.615. The number of fused-ring (bicyclic) bond motifs is 1. The van der Waals surface area contributed by atoms with Gasteiger partial charge in [0, 0.05) is 37.0 Å². The molecule has 0 spiro atoms. The number of hydrogen-bond donors (Lipinski definition) is 0. The van der Waals surface area contributed by atoms with E-state index in [9.17, 15) is 0 Å². The van der Waals surface area contributed by atoms with Crippen molar-refractivity contribution in [2.45, 2.75) is 45.6 Å². The van der Waals surface area contributed by atoms with Crippen LogP contribution in [0.15, 0.2) is 23.1 Å². The average molecular weight is 475 g/mol. The minimum Gasteiger partial charge on any atom is -0.466 e. The van der Waals surface area contributed by atoms with Gasteiger partial charge in [-0.1, -0.05) is 19.0 Å². The van der Waals surface area contributed by atoms with Gasteiger partial charge in [0.15, 0.2) is 5.82 Å². The van der Waals surface area contributed by atoms with Crippen LogP contribution in [-0.2, 0) is 0 Å². The number of aromatic nitrogens is 7. The average Bonchev–Trinajstić information content (AvgIpc) is 3.49. The topological polar surface area (TPSA) is 107 Å². The van der Waals surface area contributed by atoms with Crippen molar-refractivity contribution >= 4 is 33.9 Å². The molecule has 4 aromatic rings. The first-order chi connectivity index (χ1) is 15.5. The fraction of sp³-hybridized carbons (Fsp3) is 0.500. The van der Waals surface area contributed by atoms with E-state index >= 15 is 0 Å². The Morgan fingerprint density at radius 3 is 2.56 bits per heavy atom. The standard InChI is InChI=1S/C20H23ClN8O2S/c1-11(2)16-25-18(31-27-16)28-6-4-13(5-7-28)12(3)30-20-26-29-10-15(24-19(29)32-20)14-8-22-17(21)23-9-14/h8-13H,4-7H2,1-3H3. The molecule has 1 aliphatic heterocycles. The van der Waals surface area contributed by atoms with Crippen LogP contribution in [0.1, 0.15) is 45.4 Å². The summed E-state index contributed by atoms with van der Waals surface area (Å²) >= 11 is 7.17. The summed E-state index contributed by atoms with van der Waals surface area (Å²) in [6.07, 6.45) is 7.15. The Morgan fingerprint density at radius 1 is 1.16 bits per heavy atom. The molecule has 5 heterocycles. The smallest absolute Gasteiger partial charge is 0.324 e. The molecule has 10 nitrogen and oxygen atoms in total. The zero-order valence-corrected chi connectivity index (χ0v) is 19.5. The quantitative estimate of drug-likeness (QED) is 0.381. The molecule has 12 heteroatoms. The molecule has 32 heavy (non-hydrogen) atoms. The van der Waals surface area contributed by atoms with E-state index in [4.69, 9.17) is 20.9 Å². The van der Waals surface area contributed by atoms with Crippen molar-refractivity contribution in [3.63, 3.8) is 0 Å². The Balaban J connectivity index is 1.19. The third kappa shape index (κ3) is 4.26. The highest BCUT2D eigenvalue weighted by molar-refractivity contribution is 7.18. The van der Waals surface area contributed by atoms with Crippen molar-refractivity contribution in [3.8, 4) is 16.5 Å². The Morgan fingerprint density at radius 2 is 1.91 bits per heavy atom. The molecule has 1 aliphatic rings. The maximum Gasteiger partial charge on any atom is 0.324 e. The van der Waals surface area contributed by atoms with E-state index in [1.165, 1.54) is 11.3 Å². The number of rotatable bonds is 6. The Bertz CT molecular complexity index is 1160. The third-order valence-electron chi connectivity index (χ3n) is 5.65. The van der Waals surface area contributed by atoms with Gasteiger partial charge in [-0.15, -0.1) is 5.10 Å². The fourth-order valence-corrected chi connectivity index (χ4v) is 4.63. The molecule has 0 saturated carbocycles. The van der Waals surface area contributed by atoms with Gasteiger partial charge in [-0.05, 0) is 48.6 Å². The van der Waals surface area contributed by atoms with Crippen molar-refractivity contribution in [1.82, 2.24) is 34.7 Å². The molecule has 0 radical (unpaired) electrons. The van der Waals surface area contributed by atoms with Crippen LogP contribution < -0.4 is 9.64 Å². The third-order valence-corrected chi connectivity index (χ3v) is 6.66.